The highest BCUT2D eigenvalue weighted by atomic mass is 32.2. The maximum Gasteiger partial charge on any atom is 0.294 e. The number of pyridine rings is 2. The van der Waals surface area contributed by atoms with Gasteiger partial charge < -0.3 is 14.4 Å². The lowest BCUT2D eigenvalue weighted by atomic mass is 10.1. The summed E-state index contributed by atoms with van der Waals surface area (Å²) in [7, 11) is 1.86. The molecular formula is C37H37N5O6S2. The van der Waals surface area contributed by atoms with Crippen molar-refractivity contribution in [3.8, 4) is 11.5 Å². The minimum absolute atomic E-state index is 0.260. The number of aromatic nitrogens is 2. The first-order valence-corrected chi connectivity index (χ1v) is 18.1. The number of thioether (sulfide) groups is 2. The van der Waals surface area contributed by atoms with Gasteiger partial charge in [0.2, 0.25) is 11.8 Å². The molecule has 11 nitrogen and oxygen atoms in total. The number of nitrogens with one attached hydrogen (secondary N) is 1. The van der Waals surface area contributed by atoms with E-state index in [1.165, 1.54) is 5.56 Å². The third kappa shape index (κ3) is 8.82. The zero-order valence-electron chi connectivity index (χ0n) is 27.7. The average molecular weight is 712 g/mol. The Hall–Kier alpha value is -4.88. The molecule has 0 spiro atoms. The van der Waals surface area contributed by atoms with E-state index < -0.39 is 10.5 Å². The number of anilines is 2. The number of benzene rings is 2. The minimum Gasteiger partial charge on any atom is -0.493 e. The molecule has 4 heterocycles. The molecule has 2 fully saturated rings. The van der Waals surface area contributed by atoms with Crippen LogP contribution in [0.4, 0.5) is 21.2 Å². The Morgan fingerprint density at radius 1 is 0.800 bits per heavy atom. The predicted octanol–water partition coefficient (Wildman–Crippen LogP) is 5.88. The largest absolute Gasteiger partial charge is 0.493 e. The standard InChI is InChI=1S/C37H37N5O6S2/c1-3-24-7-12-27(38-23-24)17-19-47-28-13-10-26(11-14-28)22-31-35(44)42(37(46)50-31)33-6-4-5-32(39-33)41(2)18-20-48-29-15-8-25(9-16-29)21-30-34(43)40-36(45)49-30/h4-16,23,30-31H,3,17-22H2,1-2H3,(H,40,43,45). The highest BCUT2D eigenvalue weighted by Gasteiger charge is 2.41. The average Bonchev–Trinajstić information content (AvgIpc) is 3.60. The van der Waals surface area contributed by atoms with Crippen LogP contribution in [0.3, 0.4) is 0 Å². The number of amides is 4. The summed E-state index contributed by atoms with van der Waals surface area (Å²) in [5.41, 5.74) is 4.06. The van der Waals surface area contributed by atoms with Gasteiger partial charge in [-0.3, -0.25) is 29.5 Å². The lowest BCUT2D eigenvalue weighted by Crippen LogP contribution is -2.33. The Morgan fingerprint density at radius 3 is 2.08 bits per heavy atom. The molecule has 2 aromatic carbocycles. The van der Waals surface area contributed by atoms with E-state index in [9.17, 15) is 19.2 Å². The molecule has 0 saturated carbocycles. The summed E-state index contributed by atoms with van der Waals surface area (Å²) in [6, 6.07) is 24.4. The first-order valence-electron chi connectivity index (χ1n) is 16.4. The van der Waals surface area contributed by atoms with Crippen LogP contribution in [0.1, 0.15) is 29.3 Å². The number of nitrogens with zero attached hydrogens (tertiary/aromatic N) is 4. The number of hydrogen-bond donors (Lipinski definition) is 1. The number of carbonyl (C=O) groups excluding carboxylic acids is 4. The lowest BCUT2D eigenvalue weighted by Gasteiger charge is -2.20. The van der Waals surface area contributed by atoms with Crippen LogP contribution in [0.5, 0.6) is 11.5 Å². The van der Waals surface area contributed by atoms with Gasteiger partial charge in [-0.1, -0.05) is 66.8 Å². The predicted molar refractivity (Wildman–Crippen MR) is 195 cm³/mol. The van der Waals surface area contributed by atoms with Crippen LogP contribution in [-0.4, -0.2) is 69.6 Å². The van der Waals surface area contributed by atoms with Crippen molar-refractivity contribution < 1.29 is 28.7 Å². The fraction of sp³-hybridized carbons (Fsp3) is 0.297. The van der Waals surface area contributed by atoms with E-state index in [-0.39, 0.29) is 28.1 Å². The molecule has 6 rings (SSSR count). The maximum atomic E-state index is 13.4. The number of aryl methyl sites for hydroxylation is 1. The van der Waals surface area contributed by atoms with Gasteiger partial charge in [0.1, 0.15) is 29.7 Å². The maximum absolute atomic E-state index is 13.4. The van der Waals surface area contributed by atoms with Crippen molar-refractivity contribution in [2.45, 2.75) is 43.1 Å². The highest BCUT2D eigenvalue weighted by Crippen LogP contribution is 2.34. The van der Waals surface area contributed by atoms with Crippen molar-refractivity contribution in [3.63, 3.8) is 0 Å². The molecule has 0 bridgehead atoms. The fourth-order valence-electron chi connectivity index (χ4n) is 5.44. The van der Waals surface area contributed by atoms with Gasteiger partial charge >= 0.3 is 0 Å². The van der Waals surface area contributed by atoms with Crippen molar-refractivity contribution in [1.82, 2.24) is 15.3 Å². The second kappa shape index (κ2) is 16.2. The third-order valence-corrected chi connectivity index (χ3v) is 10.4. The molecule has 2 unspecified atom stereocenters. The molecule has 1 N–H and O–H groups in total. The molecular weight excluding hydrogens is 675 g/mol. The molecule has 2 aliphatic rings. The number of imide groups is 2. The Bertz CT molecular complexity index is 1840. The normalized spacial score (nSPS) is 17.3. The molecule has 258 valence electrons. The third-order valence-electron chi connectivity index (χ3n) is 8.33. The van der Waals surface area contributed by atoms with E-state index in [1.54, 1.807) is 12.1 Å². The van der Waals surface area contributed by atoms with Crippen molar-refractivity contribution in [3.05, 3.63) is 107 Å². The molecule has 2 aliphatic heterocycles. The van der Waals surface area contributed by atoms with Crippen molar-refractivity contribution >= 4 is 57.5 Å². The Morgan fingerprint density at radius 2 is 1.46 bits per heavy atom. The number of ether oxygens (including phenoxy) is 2. The minimum atomic E-state index is -0.550. The molecule has 2 saturated heterocycles. The highest BCUT2D eigenvalue weighted by molar-refractivity contribution is 8.16. The van der Waals surface area contributed by atoms with Gasteiger partial charge in [0, 0.05) is 25.4 Å². The number of carbonyl (C=O) groups is 4. The van der Waals surface area contributed by atoms with Crippen LogP contribution in [0.25, 0.3) is 0 Å². The topological polar surface area (TPSA) is 131 Å². The number of rotatable bonds is 15. The molecule has 2 aromatic heterocycles. The SMILES string of the molecule is CCc1ccc(CCOc2ccc(CC3SC(=O)N(c4cccc(N(C)CCOc5ccc(CC6SC(=O)NC6=O)cc5)n4)C3=O)cc2)nc1. The first kappa shape index (κ1) is 35.0. The van der Waals surface area contributed by atoms with Gasteiger partial charge in [0.25, 0.3) is 10.5 Å². The van der Waals surface area contributed by atoms with Gasteiger partial charge in [0.05, 0.1) is 23.7 Å². The van der Waals surface area contributed by atoms with Crippen LogP contribution in [0.15, 0.2) is 85.1 Å². The summed E-state index contributed by atoms with van der Waals surface area (Å²) in [5.74, 6) is 1.74. The molecule has 0 aliphatic carbocycles. The van der Waals surface area contributed by atoms with E-state index in [0.29, 0.717) is 50.6 Å². The summed E-state index contributed by atoms with van der Waals surface area (Å²) < 4.78 is 11.8. The van der Waals surface area contributed by atoms with E-state index in [4.69, 9.17) is 9.47 Å². The fourth-order valence-corrected chi connectivity index (χ4v) is 7.32. The molecule has 0 radical (unpaired) electrons. The van der Waals surface area contributed by atoms with Gasteiger partial charge in [-0.2, -0.15) is 0 Å². The number of likely N-dealkylation sites (N-methyl/N-ethyl adjacent to an activating group) is 1. The molecule has 50 heavy (non-hydrogen) atoms. The molecule has 4 aromatic rings. The van der Waals surface area contributed by atoms with E-state index in [0.717, 1.165) is 57.4 Å². The van der Waals surface area contributed by atoms with E-state index >= 15 is 0 Å². The second-order valence-electron chi connectivity index (χ2n) is 11.9. The van der Waals surface area contributed by atoms with E-state index in [2.05, 4.69) is 28.3 Å². The smallest absolute Gasteiger partial charge is 0.294 e. The van der Waals surface area contributed by atoms with E-state index in [1.807, 2.05) is 78.8 Å². The van der Waals surface area contributed by atoms with Crippen LogP contribution in [-0.2, 0) is 35.3 Å². The Kier molecular flexibility index (Phi) is 11.3. The quantitative estimate of drug-likeness (QED) is 0.159. The summed E-state index contributed by atoms with van der Waals surface area (Å²) >= 11 is 2.03. The summed E-state index contributed by atoms with van der Waals surface area (Å²) in [4.78, 5) is 61.8. The monoisotopic (exact) mass is 711 g/mol. The van der Waals surface area contributed by atoms with Crippen LogP contribution >= 0.6 is 23.5 Å². The molecule has 13 heteroatoms. The molecule has 4 amide bonds. The zero-order valence-corrected chi connectivity index (χ0v) is 29.4. The van der Waals surface area contributed by atoms with Crippen molar-refractivity contribution in [2.24, 2.45) is 0 Å². The lowest BCUT2D eigenvalue weighted by molar-refractivity contribution is -0.119. The van der Waals surface area contributed by atoms with Gasteiger partial charge in [-0.05, 0) is 78.4 Å². The summed E-state index contributed by atoms with van der Waals surface area (Å²) in [5, 5.41) is 0.681. The van der Waals surface area contributed by atoms with Crippen LogP contribution in [0.2, 0.25) is 0 Å². The van der Waals surface area contributed by atoms with Crippen molar-refractivity contribution in [1.29, 1.82) is 0 Å². The Balaban J connectivity index is 0.967. The zero-order chi connectivity index (χ0) is 35.0. The first-order chi connectivity index (χ1) is 24.2. The number of hydrogen-bond acceptors (Lipinski definition) is 11. The van der Waals surface area contributed by atoms with Crippen molar-refractivity contribution in [2.75, 3.05) is 36.6 Å². The Labute approximate surface area is 299 Å². The van der Waals surface area contributed by atoms with Gasteiger partial charge in [-0.25, -0.2) is 9.88 Å². The summed E-state index contributed by atoms with van der Waals surface area (Å²) in [6.45, 7) is 3.48. The summed E-state index contributed by atoms with van der Waals surface area (Å²) in [6.07, 6.45) is 4.44. The second-order valence-corrected chi connectivity index (χ2v) is 14.2. The van der Waals surface area contributed by atoms with Gasteiger partial charge in [-0.15, -0.1) is 0 Å². The van der Waals surface area contributed by atoms with Crippen LogP contribution in [0, 0.1) is 0 Å². The van der Waals surface area contributed by atoms with Gasteiger partial charge in [0.15, 0.2) is 0 Å². The molecule has 2 atom stereocenters. The van der Waals surface area contributed by atoms with Crippen LogP contribution < -0.4 is 24.6 Å².